The molecule has 1 aromatic heterocycles. The summed E-state index contributed by atoms with van der Waals surface area (Å²) in [4.78, 5) is 37.9. The van der Waals surface area contributed by atoms with Crippen LogP contribution >= 0.6 is 11.9 Å². The van der Waals surface area contributed by atoms with E-state index in [1.165, 1.54) is 16.5 Å². The largest absolute Gasteiger partial charge is 0.443 e. The van der Waals surface area contributed by atoms with E-state index < -0.39 is 11.7 Å². The number of nitrogens with zero attached hydrogens (tertiary/aromatic N) is 2. The maximum atomic E-state index is 12.6. The number of benzene rings is 2. The Balaban J connectivity index is 0.000000353. The highest BCUT2D eigenvalue weighted by Crippen LogP contribution is 2.45. The van der Waals surface area contributed by atoms with E-state index in [1.807, 2.05) is 81.4 Å². The fourth-order valence-electron chi connectivity index (χ4n) is 3.73. The third-order valence-electron chi connectivity index (χ3n) is 5.55. The molecule has 1 amide bonds. The topological polar surface area (TPSA) is 107 Å². The molecule has 1 fully saturated rings. The molecule has 1 saturated carbocycles. The second-order valence-corrected chi connectivity index (χ2v) is 11.1. The zero-order chi connectivity index (χ0) is 28.5. The molecular formula is C29H40N4O4S. The van der Waals surface area contributed by atoms with Gasteiger partial charge in [0.2, 0.25) is 5.91 Å². The zero-order valence-corrected chi connectivity index (χ0v) is 24.2. The third kappa shape index (κ3) is 8.63. The van der Waals surface area contributed by atoms with Gasteiger partial charge in [0.25, 0.3) is 0 Å². The highest BCUT2D eigenvalue weighted by atomic mass is 32.2. The highest BCUT2D eigenvalue weighted by Gasteiger charge is 2.48. The second kappa shape index (κ2) is 13.5. The predicted octanol–water partition coefficient (Wildman–Crippen LogP) is 6.20. The smallest absolute Gasteiger partial charge is 0.419 e. The molecule has 1 aliphatic carbocycles. The summed E-state index contributed by atoms with van der Waals surface area (Å²) in [7, 11) is 3.92. The Morgan fingerprint density at radius 3 is 2.21 bits per heavy atom. The Morgan fingerprint density at radius 1 is 1.11 bits per heavy atom. The van der Waals surface area contributed by atoms with Crippen molar-refractivity contribution in [3.63, 3.8) is 0 Å². The summed E-state index contributed by atoms with van der Waals surface area (Å²) in [5.41, 5.74) is 6.12. The number of amides is 1. The number of fused-ring (bicyclic) bond motifs is 1. The molecule has 3 aromatic rings. The van der Waals surface area contributed by atoms with E-state index in [9.17, 15) is 14.4 Å². The van der Waals surface area contributed by atoms with Crippen LogP contribution in [0.2, 0.25) is 0 Å². The molecule has 8 nitrogen and oxygen atoms in total. The van der Waals surface area contributed by atoms with Gasteiger partial charge in [0.15, 0.2) is 6.29 Å². The van der Waals surface area contributed by atoms with Gasteiger partial charge in [0.1, 0.15) is 5.60 Å². The van der Waals surface area contributed by atoms with Gasteiger partial charge in [0, 0.05) is 22.5 Å². The number of primary amides is 1. The molecule has 3 N–H and O–H groups in total. The number of nitrogens with one attached hydrogen (secondary N) is 1. The number of anilines is 1. The minimum atomic E-state index is -0.646. The van der Waals surface area contributed by atoms with Crippen molar-refractivity contribution in [2.75, 3.05) is 25.4 Å². The van der Waals surface area contributed by atoms with Gasteiger partial charge in [-0.25, -0.2) is 9.36 Å². The van der Waals surface area contributed by atoms with Gasteiger partial charge in [-0.1, -0.05) is 38.1 Å². The van der Waals surface area contributed by atoms with Crippen molar-refractivity contribution in [1.82, 2.24) is 9.47 Å². The number of rotatable bonds is 7. The zero-order valence-electron chi connectivity index (χ0n) is 23.4. The van der Waals surface area contributed by atoms with Crippen LogP contribution in [0.15, 0.2) is 59.5 Å². The van der Waals surface area contributed by atoms with Crippen molar-refractivity contribution in [2.24, 2.45) is 11.1 Å². The molecule has 9 heteroatoms. The monoisotopic (exact) mass is 540 g/mol. The normalized spacial score (nSPS) is 13.5. The lowest BCUT2D eigenvalue weighted by Gasteiger charge is -2.20. The van der Waals surface area contributed by atoms with Crippen LogP contribution in [0.25, 0.3) is 10.9 Å². The van der Waals surface area contributed by atoms with Gasteiger partial charge in [-0.2, -0.15) is 0 Å². The summed E-state index contributed by atoms with van der Waals surface area (Å²) in [5, 5.41) is 0.799. The van der Waals surface area contributed by atoms with Gasteiger partial charge < -0.3 is 20.1 Å². The van der Waals surface area contributed by atoms with Crippen molar-refractivity contribution < 1.29 is 19.1 Å². The van der Waals surface area contributed by atoms with Gasteiger partial charge in [-0.05, 0) is 90.0 Å². The first kappa shape index (κ1) is 30.9. The Kier molecular flexibility index (Phi) is 11.0. The van der Waals surface area contributed by atoms with E-state index in [2.05, 4.69) is 4.72 Å². The Hall–Kier alpha value is -3.30. The molecule has 38 heavy (non-hydrogen) atoms. The lowest BCUT2D eigenvalue weighted by atomic mass is 10.1. The van der Waals surface area contributed by atoms with Crippen LogP contribution in [0.1, 0.15) is 57.9 Å². The van der Waals surface area contributed by atoms with Crippen molar-refractivity contribution in [3.05, 3.63) is 60.3 Å². The SMILES string of the molecule is CC.CC(C)(C)OC(=O)n1c(C=O)cc2ccc(NSc3ccccc3)cc21.CN(C)CC1(C(N)=O)CC1. The summed E-state index contributed by atoms with van der Waals surface area (Å²) in [6.07, 6.45) is 2.04. The maximum absolute atomic E-state index is 12.6. The summed E-state index contributed by atoms with van der Waals surface area (Å²) < 4.78 is 10.0. The first-order valence-corrected chi connectivity index (χ1v) is 13.5. The van der Waals surface area contributed by atoms with Crippen LogP contribution in [0.3, 0.4) is 0 Å². The average molecular weight is 541 g/mol. The molecule has 1 heterocycles. The number of carbonyl (C=O) groups excluding carboxylic acids is 3. The van der Waals surface area contributed by atoms with Gasteiger partial charge >= 0.3 is 6.09 Å². The minimum Gasteiger partial charge on any atom is -0.443 e. The van der Waals surface area contributed by atoms with Crippen molar-refractivity contribution >= 4 is 46.8 Å². The number of aldehydes is 1. The summed E-state index contributed by atoms with van der Waals surface area (Å²) in [6, 6.07) is 17.2. The standard InChI is InChI=1S/C20H20N2O3S.C7H14N2O.C2H6/c1-20(2,3)25-19(24)22-16(13-23)11-14-9-10-15(12-18(14)22)21-26-17-7-5-4-6-8-17;1-9(2)5-7(3-4-7)6(8)10;1-2/h4-13,21H,1-3H3;3-5H2,1-2H3,(H2,8,10);1-2H3. The number of nitrogens with two attached hydrogens (primary N) is 1. The number of carbonyl (C=O) groups is 3. The van der Waals surface area contributed by atoms with E-state index in [0.29, 0.717) is 11.8 Å². The Bertz CT molecular complexity index is 1230. The molecule has 0 unspecified atom stereocenters. The minimum absolute atomic E-state index is 0.138. The molecule has 0 atom stereocenters. The molecule has 2 aromatic carbocycles. The molecule has 0 saturated heterocycles. The fourth-order valence-corrected chi connectivity index (χ4v) is 4.38. The van der Waals surface area contributed by atoms with Crippen LogP contribution < -0.4 is 10.5 Å². The molecular weight excluding hydrogens is 500 g/mol. The van der Waals surface area contributed by atoms with Crippen molar-refractivity contribution in [3.8, 4) is 0 Å². The van der Waals surface area contributed by atoms with Crippen LogP contribution in [-0.2, 0) is 9.53 Å². The lowest BCUT2D eigenvalue weighted by molar-refractivity contribution is -0.123. The number of hydrogen-bond acceptors (Lipinski definition) is 7. The number of ether oxygens (including phenoxy) is 1. The highest BCUT2D eigenvalue weighted by molar-refractivity contribution is 8.00. The van der Waals surface area contributed by atoms with Crippen LogP contribution in [0, 0.1) is 5.41 Å². The van der Waals surface area contributed by atoms with Gasteiger partial charge in [0.05, 0.1) is 16.6 Å². The third-order valence-corrected chi connectivity index (χ3v) is 6.40. The number of aromatic nitrogens is 1. The molecule has 4 rings (SSSR count). The lowest BCUT2D eigenvalue weighted by Crippen LogP contribution is -2.34. The molecule has 0 aliphatic heterocycles. The predicted molar refractivity (Wildman–Crippen MR) is 156 cm³/mol. The molecule has 1 aliphatic rings. The van der Waals surface area contributed by atoms with E-state index in [1.54, 1.807) is 26.8 Å². The second-order valence-electron chi connectivity index (χ2n) is 10.2. The number of hydrogen-bond donors (Lipinski definition) is 2. The summed E-state index contributed by atoms with van der Waals surface area (Å²) in [6.45, 7) is 10.2. The van der Waals surface area contributed by atoms with E-state index in [0.717, 1.165) is 35.4 Å². The van der Waals surface area contributed by atoms with Crippen LogP contribution in [0.5, 0.6) is 0 Å². The quantitative estimate of drug-likeness (QED) is 0.272. The molecule has 0 radical (unpaired) electrons. The van der Waals surface area contributed by atoms with E-state index in [4.69, 9.17) is 10.5 Å². The Morgan fingerprint density at radius 2 is 1.74 bits per heavy atom. The summed E-state index contributed by atoms with van der Waals surface area (Å²) in [5.74, 6) is -0.138. The summed E-state index contributed by atoms with van der Waals surface area (Å²) >= 11 is 1.47. The van der Waals surface area contributed by atoms with Crippen molar-refractivity contribution in [2.45, 2.75) is 58.0 Å². The first-order valence-electron chi connectivity index (χ1n) is 12.7. The first-order chi connectivity index (χ1) is 17.9. The van der Waals surface area contributed by atoms with Gasteiger partial charge in [-0.3, -0.25) is 9.59 Å². The van der Waals surface area contributed by atoms with Crippen molar-refractivity contribution in [1.29, 1.82) is 0 Å². The molecule has 0 bridgehead atoms. The Labute approximate surface area is 230 Å². The molecule has 0 spiro atoms. The van der Waals surface area contributed by atoms with Crippen LogP contribution in [-0.4, -0.2) is 54.0 Å². The van der Waals surface area contributed by atoms with E-state index in [-0.39, 0.29) is 17.0 Å². The fraction of sp³-hybridized carbons (Fsp3) is 0.414. The van der Waals surface area contributed by atoms with Gasteiger partial charge in [-0.15, -0.1) is 0 Å². The molecule has 206 valence electrons. The van der Waals surface area contributed by atoms with Crippen LogP contribution in [0.4, 0.5) is 10.5 Å². The van der Waals surface area contributed by atoms with E-state index >= 15 is 0 Å². The average Bonchev–Trinajstić information content (AvgIpc) is 3.55. The maximum Gasteiger partial charge on any atom is 0.419 e.